The molecule has 1 heterocycles. The lowest BCUT2D eigenvalue weighted by atomic mass is 9.97. The zero-order valence-electron chi connectivity index (χ0n) is 11.4. The molecule has 0 bridgehead atoms. The van der Waals surface area contributed by atoms with E-state index in [2.05, 4.69) is 17.8 Å². The molecule has 0 saturated heterocycles. The van der Waals surface area contributed by atoms with Crippen LogP contribution in [0.25, 0.3) is 5.57 Å². The molecule has 1 atom stereocenters. The van der Waals surface area contributed by atoms with Gasteiger partial charge in [0.1, 0.15) is 0 Å². The minimum absolute atomic E-state index is 0.0257. The summed E-state index contributed by atoms with van der Waals surface area (Å²) in [5.74, 6) is 0. The van der Waals surface area contributed by atoms with Crippen molar-refractivity contribution in [1.82, 2.24) is 14.3 Å². The highest BCUT2D eigenvalue weighted by molar-refractivity contribution is 7.71. The van der Waals surface area contributed by atoms with E-state index >= 15 is 0 Å². The third-order valence-corrected chi connectivity index (χ3v) is 3.98. The molecule has 0 fully saturated rings. The van der Waals surface area contributed by atoms with Crippen molar-refractivity contribution in [3.05, 3.63) is 39.5 Å². The Morgan fingerprint density at radius 1 is 1.53 bits per heavy atom. The quantitative estimate of drug-likeness (QED) is 0.630. The van der Waals surface area contributed by atoms with Gasteiger partial charge in [0.05, 0.1) is 6.04 Å². The summed E-state index contributed by atoms with van der Waals surface area (Å²) in [6.45, 7) is 5.72. The molecule has 19 heavy (non-hydrogen) atoms. The summed E-state index contributed by atoms with van der Waals surface area (Å²) >= 11 is 5.28. The van der Waals surface area contributed by atoms with Crippen LogP contribution < -0.4 is 5.56 Å². The molecule has 2 rings (SSSR count). The summed E-state index contributed by atoms with van der Waals surface area (Å²) in [7, 11) is 1.70. The first-order chi connectivity index (χ1) is 9.06. The van der Waals surface area contributed by atoms with Gasteiger partial charge in [-0.2, -0.15) is 5.10 Å². The van der Waals surface area contributed by atoms with Gasteiger partial charge in [0, 0.05) is 7.05 Å². The first kappa shape index (κ1) is 13.9. The molecule has 1 aliphatic carbocycles. The molecule has 0 radical (unpaired) electrons. The second-order valence-electron chi connectivity index (χ2n) is 4.89. The van der Waals surface area contributed by atoms with Crippen molar-refractivity contribution in [2.75, 3.05) is 0 Å². The maximum atomic E-state index is 12.3. The second-order valence-corrected chi connectivity index (χ2v) is 5.26. The van der Waals surface area contributed by atoms with Gasteiger partial charge in [0.2, 0.25) is 0 Å². The van der Waals surface area contributed by atoms with Crippen molar-refractivity contribution in [2.24, 2.45) is 7.05 Å². The van der Waals surface area contributed by atoms with E-state index in [9.17, 15) is 4.79 Å². The number of hydrogen-bond acceptors (Lipinski definition) is 3. The summed E-state index contributed by atoms with van der Waals surface area (Å²) in [5.41, 5.74) is 1.47. The molecule has 1 aromatic heterocycles. The van der Waals surface area contributed by atoms with Gasteiger partial charge in [0.15, 0.2) is 10.5 Å². The van der Waals surface area contributed by atoms with Crippen LogP contribution in [0.5, 0.6) is 0 Å². The van der Waals surface area contributed by atoms with E-state index < -0.39 is 0 Å². The van der Waals surface area contributed by atoms with Gasteiger partial charge in [-0.25, -0.2) is 4.68 Å². The molecular weight excluding hydrogens is 258 g/mol. The Bertz CT molecular complexity index is 639. The molecule has 0 spiro atoms. The van der Waals surface area contributed by atoms with Crippen LogP contribution in [0.15, 0.2) is 23.5 Å². The molecule has 1 aromatic rings. The standard InChI is InChI=1S/C14H19N3OS/c1-4-10(2)17-14(19)16(3)13(18)12(15-17)11-8-6-5-7-9-11/h4,8,10H,1,5-7,9H2,2-3H3. The van der Waals surface area contributed by atoms with Gasteiger partial charge >= 0.3 is 0 Å². The van der Waals surface area contributed by atoms with Gasteiger partial charge in [-0.3, -0.25) is 9.36 Å². The minimum Gasteiger partial charge on any atom is -0.285 e. The van der Waals surface area contributed by atoms with Crippen LogP contribution in [0.3, 0.4) is 0 Å². The fourth-order valence-corrected chi connectivity index (χ4v) is 2.50. The van der Waals surface area contributed by atoms with Crippen LogP contribution in [0.4, 0.5) is 0 Å². The molecular formula is C14H19N3OS. The lowest BCUT2D eigenvalue weighted by Gasteiger charge is -2.17. The van der Waals surface area contributed by atoms with Crippen molar-refractivity contribution in [2.45, 2.75) is 38.6 Å². The van der Waals surface area contributed by atoms with Crippen molar-refractivity contribution in [3.63, 3.8) is 0 Å². The van der Waals surface area contributed by atoms with E-state index in [0.29, 0.717) is 10.5 Å². The maximum absolute atomic E-state index is 12.3. The largest absolute Gasteiger partial charge is 0.285 e. The fourth-order valence-electron chi connectivity index (χ4n) is 2.21. The van der Waals surface area contributed by atoms with Gasteiger partial charge < -0.3 is 0 Å². The van der Waals surface area contributed by atoms with Crippen LogP contribution in [0.2, 0.25) is 0 Å². The molecule has 0 aromatic carbocycles. The van der Waals surface area contributed by atoms with Crippen molar-refractivity contribution in [1.29, 1.82) is 0 Å². The molecule has 5 heteroatoms. The normalized spacial score (nSPS) is 16.8. The monoisotopic (exact) mass is 277 g/mol. The summed E-state index contributed by atoms with van der Waals surface area (Å²) in [6, 6.07) is -0.0257. The van der Waals surface area contributed by atoms with E-state index in [4.69, 9.17) is 12.2 Å². The number of allylic oxidation sites excluding steroid dienone is 3. The summed E-state index contributed by atoms with van der Waals surface area (Å²) < 4.78 is 3.61. The van der Waals surface area contributed by atoms with E-state index in [0.717, 1.165) is 24.8 Å². The first-order valence-corrected chi connectivity index (χ1v) is 6.99. The van der Waals surface area contributed by atoms with Crippen LogP contribution in [0.1, 0.15) is 44.3 Å². The Kier molecular flexibility index (Phi) is 4.14. The van der Waals surface area contributed by atoms with E-state index in [1.54, 1.807) is 17.8 Å². The summed E-state index contributed by atoms with van der Waals surface area (Å²) in [6.07, 6.45) is 8.13. The predicted molar refractivity (Wildman–Crippen MR) is 79.7 cm³/mol. The van der Waals surface area contributed by atoms with Crippen molar-refractivity contribution >= 4 is 17.8 Å². The van der Waals surface area contributed by atoms with Crippen LogP contribution in [-0.2, 0) is 7.05 Å². The summed E-state index contributed by atoms with van der Waals surface area (Å²) in [5, 5.41) is 4.47. The molecule has 0 saturated carbocycles. The average Bonchev–Trinajstić information content (AvgIpc) is 2.45. The number of hydrogen-bond donors (Lipinski definition) is 0. The molecule has 1 unspecified atom stereocenters. The highest BCUT2D eigenvalue weighted by Crippen LogP contribution is 2.23. The SMILES string of the molecule is C=CC(C)n1nc(C2=CCCCC2)c(=O)n(C)c1=S. The smallest absolute Gasteiger partial charge is 0.280 e. The van der Waals surface area contributed by atoms with Gasteiger partial charge in [-0.05, 0) is 50.4 Å². The number of nitrogens with zero attached hydrogens (tertiary/aromatic N) is 3. The molecule has 4 nitrogen and oxygen atoms in total. The number of rotatable bonds is 3. The minimum atomic E-state index is -0.106. The Balaban J connectivity index is 2.65. The van der Waals surface area contributed by atoms with Crippen LogP contribution in [0, 0.1) is 4.77 Å². The molecule has 1 aliphatic rings. The number of aromatic nitrogens is 3. The average molecular weight is 277 g/mol. The van der Waals surface area contributed by atoms with Gasteiger partial charge in [-0.1, -0.05) is 12.2 Å². The lowest BCUT2D eigenvalue weighted by molar-refractivity contribution is 0.508. The summed E-state index contributed by atoms with van der Waals surface area (Å²) in [4.78, 5) is 12.3. The Morgan fingerprint density at radius 3 is 2.84 bits per heavy atom. The molecule has 0 N–H and O–H groups in total. The Hall–Kier alpha value is -1.49. The molecule has 0 aliphatic heterocycles. The van der Waals surface area contributed by atoms with E-state index in [1.807, 2.05) is 6.92 Å². The van der Waals surface area contributed by atoms with Crippen molar-refractivity contribution < 1.29 is 0 Å². The van der Waals surface area contributed by atoms with E-state index in [1.165, 1.54) is 11.0 Å². The fraction of sp³-hybridized carbons (Fsp3) is 0.500. The Labute approximate surface area is 118 Å². The Morgan fingerprint density at radius 2 is 2.26 bits per heavy atom. The highest BCUT2D eigenvalue weighted by Gasteiger charge is 2.16. The van der Waals surface area contributed by atoms with Gasteiger partial charge in [0.25, 0.3) is 5.56 Å². The lowest BCUT2D eigenvalue weighted by Crippen LogP contribution is -2.29. The maximum Gasteiger partial charge on any atom is 0.280 e. The zero-order valence-corrected chi connectivity index (χ0v) is 12.2. The van der Waals surface area contributed by atoms with Gasteiger partial charge in [-0.15, -0.1) is 6.58 Å². The third kappa shape index (κ3) is 2.61. The van der Waals surface area contributed by atoms with E-state index in [-0.39, 0.29) is 11.6 Å². The third-order valence-electron chi connectivity index (χ3n) is 3.52. The first-order valence-electron chi connectivity index (χ1n) is 6.58. The second kappa shape index (κ2) is 5.65. The highest BCUT2D eigenvalue weighted by atomic mass is 32.1. The molecule has 102 valence electrons. The van der Waals surface area contributed by atoms with Crippen LogP contribution >= 0.6 is 12.2 Å². The predicted octanol–water partition coefficient (Wildman–Crippen LogP) is 3.02. The topological polar surface area (TPSA) is 39.8 Å². The molecule has 0 amide bonds. The van der Waals surface area contributed by atoms with Crippen molar-refractivity contribution in [3.8, 4) is 0 Å². The zero-order chi connectivity index (χ0) is 14.0. The van der Waals surface area contributed by atoms with Crippen LogP contribution in [-0.4, -0.2) is 14.3 Å².